The van der Waals surface area contributed by atoms with E-state index < -0.39 is 11.6 Å². The van der Waals surface area contributed by atoms with Gasteiger partial charge in [0, 0.05) is 17.6 Å². The fourth-order valence-corrected chi connectivity index (χ4v) is 1.61. The number of fused-ring (bicyclic) bond motifs is 1. The summed E-state index contributed by atoms with van der Waals surface area (Å²) >= 11 is 0. The summed E-state index contributed by atoms with van der Waals surface area (Å²) in [5.41, 5.74) is -0.358. The van der Waals surface area contributed by atoms with Crippen molar-refractivity contribution in [1.29, 1.82) is 0 Å². The molecule has 0 fully saturated rings. The van der Waals surface area contributed by atoms with E-state index in [9.17, 15) is 9.90 Å². The number of aromatic nitrogens is 2. The van der Waals surface area contributed by atoms with E-state index in [1.807, 2.05) is 6.92 Å². The Labute approximate surface area is 116 Å². The van der Waals surface area contributed by atoms with Gasteiger partial charge in [0.05, 0.1) is 17.2 Å². The molecule has 0 aromatic carbocycles. The number of carbonyl (C=O) groups is 1. The predicted octanol–water partition coefficient (Wildman–Crippen LogP) is 1.90. The molecule has 6 heteroatoms. The Bertz CT molecular complexity index is 650. The lowest BCUT2D eigenvalue weighted by atomic mass is 10.0. The third-order valence-corrected chi connectivity index (χ3v) is 3.22. The van der Waals surface area contributed by atoms with Gasteiger partial charge < -0.3 is 15.5 Å². The Morgan fingerprint density at radius 2 is 2.10 bits per heavy atom. The van der Waals surface area contributed by atoms with Crippen molar-refractivity contribution in [2.75, 3.05) is 5.32 Å². The van der Waals surface area contributed by atoms with Crippen molar-refractivity contribution in [3.63, 3.8) is 0 Å². The maximum Gasteiger partial charge on any atom is 0.354 e. The number of carboxylic acid groups (broad SMARTS) is 1. The standard InChI is InChI=1S/C14H17N3O3/c1-8(14(2,3)20)16-12-6-11-9(7-15-12)4-5-10(17-11)13(18)19/h4-8,20H,1-3H3,(H,15,16)(H,18,19). The van der Waals surface area contributed by atoms with Gasteiger partial charge >= 0.3 is 5.97 Å². The molecule has 106 valence electrons. The Morgan fingerprint density at radius 3 is 2.70 bits per heavy atom. The first-order valence-corrected chi connectivity index (χ1v) is 6.26. The molecule has 0 radical (unpaired) electrons. The number of rotatable bonds is 4. The lowest BCUT2D eigenvalue weighted by Gasteiger charge is -2.27. The summed E-state index contributed by atoms with van der Waals surface area (Å²) in [6.45, 7) is 5.24. The second kappa shape index (κ2) is 5.05. The highest BCUT2D eigenvalue weighted by Gasteiger charge is 2.22. The first-order valence-electron chi connectivity index (χ1n) is 6.26. The van der Waals surface area contributed by atoms with Crippen molar-refractivity contribution >= 4 is 22.7 Å². The minimum Gasteiger partial charge on any atom is -0.477 e. The summed E-state index contributed by atoms with van der Waals surface area (Å²) in [5, 5.41) is 22.7. The predicted molar refractivity (Wildman–Crippen MR) is 75.9 cm³/mol. The summed E-state index contributed by atoms with van der Waals surface area (Å²) in [6, 6.07) is 4.57. The SMILES string of the molecule is CC(Nc1cc2nc(C(=O)O)ccc2cn1)C(C)(C)O. The van der Waals surface area contributed by atoms with E-state index in [1.54, 1.807) is 32.2 Å². The summed E-state index contributed by atoms with van der Waals surface area (Å²) in [7, 11) is 0. The smallest absolute Gasteiger partial charge is 0.354 e. The Hall–Kier alpha value is -2.21. The second-order valence-electron chi connectivity index (χ2n) is 5.28. The van der Waals surface area contributed by atoms with Crippen molar-refractivity contribution in [1.82, 2.24) is 9.97 Å². The Morgan fingerprint density at radius 1 is 1.40 bits per heavy atom. The molecule has 0 amide bonds. The van der Waals surface area contributed by atoms with Gasteiger partial charge in [0.2, 0.25) is 0 Å². The number of hydrogen-bond donors (Lipinski definition) is 3. The van der Waals surface area contributed by atoms with Crippen LogP contribution in [0.1, 0.15) is 31.3 Å². The van der Waals surface area contributed by atoms with Gasteiger partial charge in [0.1, 0.15) is 11.5 Å². The minimum absolute atomic E-state index is 0.00909. The van der Waals surface area contributed by atoms with E-state index in [1.165, 1.54) is 6.07 Å². The zero-order chi connectivity index (χ0) is 14.9. The fourth-order valence-electron chi connectivity index (χ4n) is 1.61. The average molecular weight is 275 g/mol. The van der Waals surface area contributed by atoms with Crippen molar-refractivity contribution in [3.05, 3.63) is 30.1 Å². The van der Waals surface area contributed by atoms with E-state index in [0.29, 0.717) is 11.3 Å². The number of aromatic carboxylic acids is 1. The van der Waals surface area contributed by atoms with Crippen LogP contribution >= 0.6 is 0 Å². The van der Waals surface area contributed by atoms with Gasteiger partial charge in [-0.1, -0.05) is 0 Å². The van der Waals surface area contributed by atoms with E-state index >= 15 is 0 Å². The molecule has 0 aliphatic rings. The highest BCUT2D eigenvalue weighted by Crippen LogP contribution is 2.18. The van der Waals surface area contributed by atoms with Crippen LogP contribution in [0.2, 0.25) is 0 Å². The highest BCUT2D eigenvalue weighted by molar-refractivity contribution is 5.90. The fraction of sp³-hybridized carbons (Fsp3) is 0.357. The van der Waals surface area contributed by atoms with Crippen molar-refractivity contribution < 1.29 is 15.0 Å². The van der Waals surface area contributed by atoms with E-state index in [2.05, 4.69) is 15.3 Å². The zero-order valence-corrected chi connectivity index (χ0v) is 11.6. The molecule has 3 N–H and O–H groups in total. The highest BCUT2D eigenvalue weighted by atomic mass is 16.4. The molecule has 2 heterocycles. The van der Waals surface area contributed by atoms with Crippen LogP contribution in [0.15, 0.2) is 24.4 Å². The zero-order valence-electron chi connectivity index (χ0n) is 11.6. The quantitative estimate of drug-likeness (QED) is 0.788. The van der Waals surface area contributed by atoms with Gasteiger partial charge in [-0.3, -0.25) is 0 Å². The molecular weight excluding hydrogens is 258 g/mol. The monoisotopic (exact) mass is 275 g/mol. The van der Waals surface area contributed by atoms with Crippen LogP contribution in [0.3, 0.4) is 0 Å². The number of nitrogens with zero attached hydrogens (tertiary/aromatic N) is 2. The van der Waals surface area contributed by atoms with Crippen LogP contribution in [-0.2, 0) is 0 Å². The molecule has 0 saturated carbocycles. The van der Waals surface area contributed by atoms with Gasteiger partial charge in [-0.05, 0) is 32.9 Å². The van der Waals surface area contributed by atoms with Gasteiger partial charge in [-0.15, -0.1) is 0 Å². The number of nitrogens with one attached hydrogen (secondary N) is 1. The molecule has 2 aromatic rings. The lowest BCUT2D eigenvalue weighted by molar-refractivity contribution is 0.0647. The molecule has 1 atom stereocenters. The number of hydrogen-bond acceptors (Lipinski definition) is 5. The molecule has 2 aromatic heterocycles. The largest absolute Gasteiger partial charge is 0.477 e. The Balaban J connectivity index is 2.34. The van der Waals surface area contributed by atoms with Gasteiger partial charge in [-0.25, -0.2) is 14.8 Å². The van der Waals surface area contributed by atoms with Gasteiger partial charge in [0.15, 0.2) is 0 Å². The maximum atomic E-state index is 10.9. The summed E-state index contributed by atoms with van der Waals surface area (Å²) < 4.78 is 0. The topological polar surface area (TPSA) is 95.3 Å². The number of anilines is 1. The molecule has 20 heavy (non-hydrogen) atoms. The van der Waals surface area contributed by atoms with Crippen LogP contribution < -0.4 is 5.32 Å². The molecular formula is C14H17N3O3. The van der Waals surface area contributed by atoms with E-state index in [0.717, 1.165) is 5.39 Å². The number of pyridine rings is 2. The summed E-state index contributed by atoms with van der Waals surface area (Å²) in [4.78, 5) is 19.2. The molecule has 0 saturated heterocycles. The number of carboxylic acids is 1. The first-order chi connectivity index (χ1) is 9.27. The Kier molecular flexibility index (Phi) is 3.59. The van der Waals surface area contributed by atoms with Crippen molar-refractivity contribution in [3.8, 4) is 0 Å². The number of aliphatic hydroxyl groups is 1. The third-order valence-electron chi connectivity index (χ3n) is 3.22. The van der Waals surface area contributed by atoms with Crippen LogP contribution in [0, 0.1) is 0 Å². The van der Waals surface area contributed by atoms with E-state index in [-0.39, 0.29) is 11.7 Å². The molecule has 0 aliphatic heterocycles. The molecule has 0 spiro atoms. The van der Waals surface area contributed by atoms with Crippen molar-refractivity contribution in [2.45, 2.75) is 32.4 Å². The summed E-state index contributed by atoms with van der Waals surface area (Å²) in [5.74, 6) is -0.523. The summed E-state index contributed by atoms with van der Waals surface area (Å²) in [6.07, 6.45) is 1.62. The van der Waals surface area contributed by atoms with Gasteiger partial charge in [0.25, 0.3) is 0 Å². The lowest BCUT2D eigenvalue weighted by Crippen LogP contribution is -2.39. The third kappa shape index (κ3) is 3.03. The molecule has 6 nitrogen and oxygen atoms in total. The van der Waals surface area contributed by atoms with Crippen LogP contribution in [-0.4, -0.2) is 37.8 Å². The first kappa shape index (κ1) is 14.2. The molecule has 0 aliphatic carbocycles. The van der Waals surface area contributed by atoms with Crippen LogP contribution in [0.25, 0.3) is 10.9 Å². The normalized spacial score (nSPS) is 13.2. The van der Waals surface area contributed by atoms with E-state index in [4.69, 9.17) is 5.11 Å². The minimum atomic E-state index is -1.07. The van der Waals surface area contributed by atoms with Crippen molar-refractivity contribution in [2.24, 2.45) is 0 Å². The molecule has 1 unspecified atom stereocenters. The van der Waals surface area contributed by atoms with Crippen LogP contribution in [0.5, 0.6) is 0 Å². The molecule has 0 bridgehead atoms. The van der Waals surface area contributed by atoms with Crippen LogP contribution in [0.4, 0.5) is 5.82 Å². The molecule has 2 rings (SSSR count). The maximum absolute atomic E-state index is 10.9. The second-order valence-corrected chi connectivity index (χ2v) is 5.28. The van der Waals surface area contributed by atoms with Gasteiger partial charge in [-0.2, -0.15) is 0 Å². The average Bonchev–Trinajstić information content (AvgIpc) is 2.36.